The fourth-order valence-corrected chi connectivity index (χ4v) is 12.2. The molecule has 97 heavy (non-hydrogen) atoms. The molecule has 0 aromatic heterocycles. The van der Waals surface area contributed by atoms with Gasteiger partial charge in [0.25, 0.3) is 0 Å². The standard InChI is InChI=1S/C62H103N17O16S2/c1-34(2)27-41-53(86)70-39(19-13-24-68-62(66)67)51(84)69-38(17-9-11-22-63)52(85)75-44(28-35(3)4)60(93)79-25-14-20-48(79)59(92)74-43(30-49(81)82)55(88)76-45(31-80)56(89)73-42(29-36-15-7-6-8-16-36)54(87)78-47(57(90)71-40(61(94)95)18-10-12-23-64)33-97-32-46(58(91)72-41)77-50(83)37(65)21-26-96-5/h6-8,15-16,34-35,37-48,80H,9-14,17-33,63-65H2,1-5H3,(H,69,84)(H,70,86)(H,71,90)(H,72,91)(H,73,89)(H,74,92)(H,75,85)(H,76,88)(H,77,83)(H,78,87)(H,81,82)(H,94,95)(H4,66,67,68)/t37-,38-,39-,40-,41-,42-,43-,44-,45-,46-,47-,48-/m0/s1. The minimum absolute atomic E-state index is 0.00918. The summed E-state index contributed by atoms with van der Waals surface area (Å²) < 4.78 is 0. The van der Waals surface area contributed by atoms with Gasteiger partial charge in [0.1, 0.15) is 66.5 Å². The quantitative estimate of drug-likeness (QED) is 0.0206. The molecule has 12 atom stereocenters. The predicted molar refractivity (Wildman–Crippen MR) is 364 cm³/mol. The predicted octanol–water partition coefficient (Wildman–Crippen LogP) is -4.15. The van der Waals surface area contributed by atoms with Crippen LogP contribution < -0.4 is 81.8 Å². The molecular weight excluding hydrogens is 1300 g/mol. The van der Waals surface area contributed by atoms with Crippen molar-refractivity contribution in [2.24, 2.45) is 45.5 Å². The summed E-state index contributed by atoms with van der Waals surface area (Å²) in [5, 5.41) is 56.5. The van der Waals surface area contributed by atoms with Crippen molar-refractivity contribution in [2.45, 2.75) is 197 Å². The molecule has 2 aliphatic rings. The number of nitrogens with zero attached hydrogens (tertiary/aromatic N) is 2. The number of aliphatic imine (C=N–C) groups is 1. The second kappa shape index (κ2) is 44.1. The number of nitrogens with one attached hydrogen (secondary N) is 10. The van der Waals surface area contributed by atoms with Crippen molar-refractivity contribution in [3.8, 4) is 0 Å². The Morgan fingerprint density at radius 3 is 1.78 bits per heavy atom. The van der Waals surface area contributed by atoms with Crippen LogP contribution in [0.3, 0.4) is 0 Å². The van der Waals surface area contributed by atoms with Crippen LogP contribution in [0.5, 0.6) is 0 Å². The Kier molecular flexibility index (Phi) is 37.9. The number of carboxylic acid groups (broad SMARTS) is 2. The van der Waals surface area contributed by atoms with E-state index in [0.29, 0.717) is 30.6 Å². The Morgan fingerprint density at radius 2 is 1.20 bits per heavy atom. The number of carbonyl (C=O) groups is 13. The maximum absolute atomic E-state index is 14.8. The number of guanidine groups is 1. The van der Waals surface area contributed by atoms with Crippen LogP contribution in [0.1, 0.15) is 123 Å². The SMILES string of the molecule is CSCC[C@H](N)C(=O)N[C@H]1CSC[C@@H](C(=O)N[C@@H](CCCCN)C(=O)O)NC(=O)[C@H](Cc2ccccc2)NC(=O)[C@H](CO)NC(=O)[C@H](CC(=O)O)NC(=O)[C@@H]2CCCN2C(=O)[C@H](CC(C)C)NC(=O)[C@H](CCCCN)NC(=O)[C@H](CCCN=C(N)N)NC(=O)[C@H](CC(C)C)NC1=O. The molecule has 0 aliphatic carbocycles. The fraction of sp³-hybridized carbons (Fsp3) is 0.677. The molecule has 0 saturated carbocycles. The van der Waals surface area contributed by atoms with Crippen molar-refractivity contribution >= 4 is 106 Å². The zero-order valence-corrected chi connectivity index (χ0v) is 57.6. The van der Waals surface area contributed by atoms with Crippen molar-refractivity contribution in [3.05, 3.63) is 35.9 Å². The van der Waals surface area contributed by atoms with Gasteiger partial charge in [0, 0.05) is 31.0 Å². The van der Waals surface area contributed by atoms with Gasteiger partial charge in [-0.25, -0.2) is 4.79 Å². The average molecular weight is 1410 g/mol. The van der Waals surface area contributed by atoms with E-state index < -0.39 is 174 Å². The minimum Gasteiger partial charge on any atom is -0.481 e. The first kappa shape index (κ1) is 83.4. The van der Waals surface area contributed by atoms with Crippen LogP contribution in [-0.2, 0) is 68.7 Å². The molecule has 1 aromatic rings. The van der Waals surface area contributed by atoms with Crippen molar-refractivity contribution in [3.63, 3.8) is 0 Å². The number of unbranched alkanes of at least 4 members (excludes halogenated alkanes) is 2. The van der Waals surface area contributed by atoms with E-state index in [1.807, 2.05) is 0 Å². The molecule has 2 fully saturated rings. The lowest BCUT2D eigenvalue weighted by atomic mass is 10.00. The number of aliphatic hydroxyl groups is 1. The van der Waals surface area contributed by atoms with Crippen LogP contribution in [0.25, 0.3) is 0 Å². The molecule has 2 saturated heterocycles. The number of amides is 11. The highest BCUT2D eigenvalue weighted by Crippen LogP contribution is 2.22. The van der Waals surface area contributed by atoms with E-state index in [-0.39, 0.29) is 115 Å². The molecule has 0 bridgehead atoms. The lowest BCUT2D eigenvalue weighted by molar-refractivity contribution is -0.144. The van der Waals surface area contributed by atoms with E-state index in [1.54, 1.807) is 64.3 Å². The largest absolute Gasteiger partial charge is 0.481 e. The minimum atomic E-state index is -1.94. The van der Waals surface area contributed by atoms with E-state index in [1.165, 1.54) is 16.7 Å². The van der Waals surface area contributed by atoms with Crippen molar-refractivity contribution in [1.29, 1.82) is 0 Å². The van der Waals surface area contributed by atoms with E-state index >= 15 is 0 Å². The molecule has 1 aromatic carbocycles. The molecule has 2 aliphatic heterocycles. The lowest BCUT2D eigenvalue weighted by Gasteiger charge is -2.31. The summed E-state index contributed by atoms with van der Waals surface area (Å²) in [5.41, 5.74) is 29.5. The van der Waals surface area contributed by atoms with Crippen LogP contribution in [-0.4, -0.2) is 232 Å². The van der Waals surface area contributed by atoms with Crippen LogP contribution in [0.15, 0.2) is 35.3 Å². The molecule has 0 unspecified atom stereocenters. The van der Waals surface area contributed by atoms with Gasteiger partial charge in [0.05, 0.1) is 19.1 Å². The number of benzene rings is 1. The topological polar surface area (TPSA) is 549 Å². The number of rotatable bonds is 29. The first-order valence-corrected chi connectivity index (χ1v) is 35.3. The monoisotopic (exact) mass is 1410 g/mol. The highest BCUT2D eigenvalue weighted by atomic mass is 32.2. The third-order valence-corrected chi connectivity index (χ3v) is 17.5. The Bertz CT molecular complexity index is 2820. The summed E-state index contributed by atoms with van der Waals surface area (Å²) >= 11 is 2.22. The zero-order valence-electron chi connectivity index (χ0n) is 56.0. The second-order valence-electron chi connectivity index (χ2n) is 24.8. The molecule has 35 heteroatoms. The normalized spacial score (nSPS) is 24.1. The molecule has 23 N–H and O–H groups in total. The molecule has 544 valence electrons. The van der Waals surface area contributed by atoms with Gasteiger partial charge >= 0.3 is 11.9 Å². The van der Waals surface area contributed by atoms with Crippen LogP contribution in [0.4, 0.5) is 0 Å². The van der Waals surface area contributed by atoms with Gasteiger partial charge in [-0.05, 0) is 126 Å². The number of hydrogen-bond acceptors (Lipinski definition) is 20. The van der Waals surface area contributed by atoms with Gasteiger partial charge in [-0.2, -0.15) is 23.5 Å². The van der Waals surface area contributed by atoms with E-state index in [4.69, 9.17) is 28.7 Å². The van der Waals surface area contributed by atoms with E-state index in [2.05, 4.69) is 58.2 Å². The van der Waals surface area contributed by atoms with E-state index in [9.17, 15) is 77.6 Å². The summed E-state index contributed by atoms with van der Waals surface area (Å²) in [5.74, 6) is -14.9. The number of thioether (sulfide) groups is 2. The van der Waals surface area contributed by atoms with E-state index in [0.717, 1.165) is 11.8 Å². The summed E-state index contributed by atoms with van der Waals surface area (Å²) in [6.45, 7) is 6.29. The number of aliphatic hydroxyl groups excluding tert-OH is 1. The van der Waals surface area contributed by atoms with Crippen LogP contribution in [0, 0.1) is 11.8 Å². The van der Waals surface area contributed by atoms with Gasteiger partial charge in [0.15, 0.2) is 5.96 Å². The van der Waals surface area contributed by atoms with Crippen molar-refractivity contribution < 1.29 is 77.6 Å². The number of carbonyl (C=O) groups excluding carboxylic acids is 11. The molecule has 0 radical (unpaired) electrons. The highest BCUT2D eigenvalue weighted by molar-refractivity contribution is 7.99. The van der Waals surface area contributed by atoms with Gasteiger partial charge in [-0.15, -0.1) is 0 Å². The lowest BCUT2D eigenvalue weighted by Crippen LogP contribution is -2.61. The van der Waals surface area contributed by atoms with Gasteiger partial charge in [0.2, 0.25) is 65.0 Å². The number of hydrogen-bond donors (Lipinski definition) is 18. The van der Waals surface area contributed by atoms with Gasteiger partial charge < -0.3 is 102 Å². The molecule has 3 rings (SSSR count). The molecule has 2 heterocycles. The smallest absolute Gasteiger partial charge is 0.326 e. The molecule has 11 amide bonds. The van der Waals surface area contributed by atoms with Crippen LogP contribution in [0.2, 0.25) is 0 Å². The first-order chi connectivity index (χ1) is 46.0. The zero-order chi connectivity index (χ0) is 72.3. The number of fused-ring (bicyclic) bond motifs is 1. The summed E-state index contributed by atoms with van der Waals surface area (Å²) in [6, 6.07) is -10.2. The first-order valence-electron chi connectivity index (χ1n) is 32.7. The number of carboxylic acids is 2. The third kappa shape index (κ3) is 30.2. The van der Waals surface area contributed by atoms with Crippen molar-refractivity contribution in [2.75, 3.05) is 56.3 Å². The maximum atomic E-state index is 14.8. The summed E-state index contributed by atoms with van der Waals surface area (Å²) in [6.07, 6.45) is 2.02. The fourth-order valence-electron chi connectivity index (χ4n) is 10.6. The Labute approximate surface area is 573 Å². The van der Waals surface area contributed by atoms with Crippen LogP contribution >= 0.6 is 23.5 Å². The summed E-state index contributed by atoms with van der Waals surface area (Å²) in [7, 11) is 0. The maximum Gasteiger partial charge on any atom is 0.326 e. The van der Waals surface area contributed by atoms with Crippen molar-refractivity contribution in [1.82, 2.24) is 58.1 Å². The Morgan fingerprint density at radius 1 is 0.660 bits per heavy atom. The molecular formula is C62H103N17O16S2. The number of aliphatic carboxylic acids is 2. The van der Waals surface area contributed by atoms with Gasteiger partial charge in [-0.3, -0.25) is 62.5 Å². The third-order valence-electron chi connectivity index (χ3n) is 15.8. The molecule has 0 spiro atoms. The average Bonchev–Trinajstić information content (AvgIpc) is 1.73. The Hall–Kier alpha value is -7.86. The second-order valence-corrected chi connectivity index (χ2v) is 26.9. The summed E-state index contributed by atoms with van der Waals surface area (Å²) in [4.78, 5) is 189. The molecule has 33 nitrogen and oxygen atoms in total. The number of nitrogens with two attached hydrogens (primary N) is 5. The highest BCUT2D eigenvalue weighted by Gasteiger charge is 2.42. The van der Waals surface area contributed by atoms with Gasteiger partial charge in [-0.1, -0.05) is 58.0 Å². The Balaban J connectivity index is 2.35.